The summed E-state index contributed by atoms with van der Waals surface area (Å²) in [6, 6.07) is 9.68. The van der Waals surface area contributed by atoms with Gasteiger partial charge in [-0.05, 0) is 67.5 Å². The number of halogens is 3. The quantitative estimate of drug-likeness (QED) is 0.201. The Kier molecular flexibility index (Phi) is 5.62. The molecule has 222 valence electrons. The van der Waals surface area contributed by atoms with Crippen LogP contribution in [-0.2, 0) is 23.1 Å². The number of H-pyrrole nitrogens is 1. The number of carboxylic acids is 1. The standard InChI is InChI=1S/C27H29N5O3.C2HF3O2/c28-25(29)30-15-4-5-16-17-11-27(34)20-9-14-3-6-19(33)23-21(14)26(27,7-8-32(20)12-13-1-2-13)24(35-23)22(17)31-18(16)10-15;3-2(4,5)1(6)7/h3-6,10,13,20,24,31,33-34H,1-2,7-9,11-12H2,(H4,28,29,30);(H,6,7)/t20-,24+,26+,27-;/m1./s1. The summed E-state index contributed by atoms with van der Waals surface area (Å²) in [4.78, 5) is 19.3. The van der Waals surface area contributed by atoms with Crippen molar-refractivity contribution in [2.24, 2.45) is 22.4 Å². The number of likely N-dealkylation sites (tertiary alicyclic amines) is 1. The van der Waals surface area contributed by atoms with Crippen molar-refractivity contribution < 1.29 is 38.0 Å². The highest BCUT2D eigenvalue weighted by Crippen LogP contribution is 2.69. The number of phenols is 1. The number of fused-ring (bicyclic) bond motifs is 4. The van der Waals surface area contributed by atoms with Crippen LogP contribution >= 0.6 is 0 Å². The predicted molar refractivity (Wildman–Crippen MR) is 146 cm³/mol. The van der Waals surface area contributed by atoms with Gasteiger partial charge in [-0.3, -0.25) is 4.90 Å². The van der Waals surface area contributed by atoms with Crippen molar-refractivity contribution in [2.75, 3.05) is 13.1 Å². The zero-order valence-corrected chi connectivity index (χ0v) is 22.4. The Morgan fingerprint density at radius 2 is 1.95 bits per heavy atom. The second-order valence-electron chi connectivity index (χ2n) is 12.0. The second kappa shape index (κ2) is 8.77. The smallest absolute Gasteiger partial charge is 0.490 e. The maximum Gasteiger partial charge on any atom is 0.490 e. The maximum absolute atomic E-state index is 12.8. The summed E-state index contributed by atoms with van der Waals surface area (Å²) >= 11 is 0. The van der Waals surface area contributed by atoms with E-state index in [2.05, 4.69) is 14.9 Å². The molecule has 4 atom stereocenters. The van der Waals surface area contributed by atoms with E-state index in [-0.39, 0.29) is 23.9 Å². The number of nitrogens with zero attached hydrogens (tertiary/aromatic N) is 2. The molecule has 5 aliphatic rings. The number of aromatic amines is 1. The summed E-state index contributed by atoms with van der Waals surface area (Å²) in [6.45, 7) is 1.99. The fourth-order valence-corrected chi connectivity index (χ4v) is 7.84. The maximum atomic E-state index is 12.8. The minimum atomic E-state index is -5.08. The van der Waals surface area contributed by atoms with Crippen LogP contribution in [0.1, 0.15) is 47.8 Å². The van der Waals surface area contributed by atoms with E-state index in [1.54, 1.807) is 6.07 Å². The first-order chi connectivity index (χ1) is 19.8. The van der Waals surface area contributed by atoms with Gasteiger partial charge in [0, 0.05) is 35.5 Å². The van der Waals surface area contributed by atoms with Crippen molar-refractivity contribution in [3.8, 4) is 11.5 Å². The number of aromatic hydroxyl groups is 1. The topological polar surface area (TPSA) is 170 Å². The first-order valence-electron chi connectivity index (χ1n) is 13.9. The van der Waals surface area contributed by atoms with Crippen molar-refractivity contribution in [1.29, 1.82) is 0 Å². The molecule has 1 spiro atoms. The normalized spacial score (nSPS) is 28.7. The van der Waals surface area contributed by atoms with Gasteiger partial charge in [-0.1, -0.05) is 12.1 Å². The van der Waals surface area contributed by atoms with Crippen LogP contribution in [0.2, 0.25) is 0 Å². The molecule has 3 aromatic rings. The van der Waals surface area contributed by atoms with E-state index in [4.69, 9.17) is 26.1 Å². The lowest BCUT2D eigenvalue weighted by Crippen LogP contribution is -2.74. The van der Waals surface area contributed by atoms with Gasteiger partial charge in [0.2, 0.25) is 0 Å². The van der Waals surface area contributed by atoms with Crippen molar-refractivity contribution in [2.45, 2.75) is 61.4 Å². The van der Waals surface area contributed by atoms with Gasteiger partial charge in [0.25, 0.3) is 0 Å². The highest BCUT2D eigenvalue weighted by molar-refractivity contribution is 5.90. The molecular formula is C29H30F3N5O5. The lowest BCUT2D eigenvalue weighted by atomic mass is 9.49. The molecule has 8 N–H and O–H groups in total. The molecule has 2 fully saturated rings. The summed E-state index contributed by atoms with van der Waals surface area (Å²) in [5, 5.41) is 31.8. The molecule has 8 rings (SSSR count). The number of benzene rings is 2. The number of aliphatic imine (C=N–C) groups is 1. The molecule has 13 heteroatoms. The number of ether oxygens (including phenoxy) is 1. The average molecular weight is 586 g/mol. The predicted octanol–water partition coefficient (Wildman–Crippen LogP) is 3.11. The Morgan fingerprint density at radius 3 is 2.62 bits per heavy atom. The number of carboxylic acid groups (broad SMARTS) is 1. The fourth-order valence-electron chi connectivity index (χ4n) is 7.84. The molecule has 0 amide bonds. The molecule has 3 aliphatic carbocycles. The van der Waals surface area contributed by atoms with Crippen LogP contribution in [-0.4, -0.2) is 68.0 Å². The summed E-state index contributed by atoms with van der Waals surface area (Å²) in [7, 11) is 0. The van der Waals surface area contributed by atoms with Crippen LogP contribution in [0.5, 0.6) is 11.5 Å². The van der Waals surface area contributed by atoms with E-state index in [1.807, 2.05) is 24.3 Å². The Bertz CT molecular complexity index is 1660. The number of hydrogen-bond donors (Lipinski definition) is 6. The van der Waals surface area contributed by atoms with Crippen molar-refractivity contribution in [3.05, 3.63) is 52.7 Å². The molecule has 0 radical (unpaired) electrons. The van der Waals surface area contributed by atoms with E-state index in [1.165, 1.54) is 18.4 Å². The van der Waals surface area contributed by atoms with Crippen LogP contribution in [0.25, 0.3) is 10.9 Å². The summed E-state index contributed by atoms with van der Waals surface area (Å²) < 4.78 is 38.4. The summed E-state index contributed by atoms with van der Waals surface area (Å²) in [6.07, 6.45) is -0.770. The summed E-state index contributed by atoms with van der Waals surface area (Å²) in [5.74, 6) is -1.29. The molecule has 2 aliphatic heterocycles. The van der Waals surface area contributed by atoms with Crippen LogP contribution in [0, 0.1) is 5.92 Å². The molecule has 1 saturated heterocycles. The van der Waals surface area contributed by atoms with Crippen LogP contribution < -0.4 is 16.2 Å². The van der Waals surface area contributed by atoms with E-state index >= 15 is 0 Å². The molecular weight excluding hydrogens is 555 g/mol. The monoisotopic (exact) mass is 585 g/mol. The first kappa shape index (κ1) is 26.9. The molecule has 2 bridgehead atoms. The SMILES string of the molecule is NC(N)=Nc1ccc2c3c([nH]c2c1)[C@@H]1Oc2c(O)ccc4c2[C@@]12CCN(CC1CC1)[C@H](C4)[C@]2(O)C3.O=C(O)C(F)(F)F. The molecule has 42 heavy (non-hydrogen) atoms. The number of guanidine groups is 1. The average Bonchev–Trinajstić information content (AvgIpc) is 3.55. The lowest BCUT2D eigenvalue weighted by Gasteiger charge is -2.62. The number of aromatic nitrogens is 1. The Balaban J connectivity index is 0.000000370. The molecule has 10 nitrogen and oxygen atoms in total. The highest BCUT2D eigenvalue weighted by Gasteiger charge is 2.72. The fraction of sp³-hybridized carbons (Fsp3) is 0.448. The van der Waals surface area contributed by atoms with Crippen LogP contribution in [0.3, 0.4) is 0 Å². The number of piperidine rings is 1. The third kappa shape index (κ3) is 3.72. The largest absolute Gasteiger partial charge is 0.504 e. The zero-order chi connectivity index (χ0) is 29.8. The molecule has 1 aromatic heterocycles. The number of nitrogens with one attached hydrogen (secondary N) is 1. The summed E-state index contributed by atoms with van der Waals surface area (Å²) in [5.41, 5.74) is 15.5. The second-order valence-corrected chi connectivity index (χ2v) is 12.0. The van der Waals surface area contributed by atoms with Crippen molar-refractivity contribution >= 4 is 28.5 Å². The van der Waals surface area contributed by atoms with Gasteiger partial charge >= 0.3 is 12.1 Å². The van der Waals surface area contributed by atoms with Gasteiger partial charge in [-0.15, -0.1) is 0 Å². The van der Waals surface area contributed by atoms with Gasteiger partial charge in [0.05, 0.1) is 22.4 Å². The van der Waals surface area contributed by atoms with E-state index in [9.17, 15) is 23.4 Å². The number of aliphatic hydroxyl groups is 1. The number of alkyl halides is 3. The number of aliphatic carboxylic acids is 1. The number of carbonyl (C=O) groups is 1. The number of rotatable bonds is 3. The van der Waals surface area contributed by atoms with Gasteiger partial charge in [0.15, 0.2) is 23.6 Å². The van der Waals surface area contributed by atoms with Gasteiger partial charge in [-0.2, -0.15) is 13.2 Å². The van der Waals surface area contributed by atoms with E-state index in [0.717, 1.165) is 59.6 Å². The molecule has 2 aromatic carbocycles. The van der Waals surface area contributed by atoms with Crippen LogP contribution in [0.15, 0.2) is 35.3 Å². The Morgan fingerprint density at radius 1 is 1.21 bits per heavy atom. The van der Waals surface area contributed by atoms with Gasteiger partial charge < -0.3 is 36.5 Å². The molecule has 0 unspecified atom stereocenters. The lowest BCUT2D eigenvalue weighted by molar-refractivity contribution is -0.192. The zero-order valence-electron chi connectivity index (χ0n) is 22.4. The van der Waals surface area contributed by atoms with E-state index < -0.39 is 23.2 Å². The Labute approximate surface area is 237 Å². The van der Waals surface area contributed by atoms with Crippen LogP contribution in [0.4, 0.5) is 18.9 Å². The Hall–Kier alpha value is -3.97. The molecule has 3 heterocycles. The molecule has 1 saturated carbocycles. The van der Waals surface area contributed by atoms with Gasteiger partial charge in [-0.25, -0.2) is 9.79 Å². The number of phenolic OH excluding ortho intramolecular Hbond substituents is 1. The third-order valence-corrected chi connectivity index (χ3v) is 9.65. The van der Waals surface area contributed by atoms with Crippen molar-refractivity contribution in [3.63, 3.8) is 0 Å². The van der Waals surface area contributed by atoms with Crippen molar-refractivity contribution in [1.82, 2.24) is 9.88 Å². The van der Waals surface area contributed by atoms with Gasteiger partial charge in [0.1, 0.15) is 0 Å². The minimum absolute atomic E-state index is 0.0158. The first-order valence-corrected chi connectivity index (χ1v) is 13.9. The van der Waals surface area contributed by atoms with E-state index in [0.29, 0.717) is 17.9 Å². The third-order valence-electron chi connectivity index (χ3n) is 9.65. The number of hydrogen-bond acceptors (Lipinski definition) is 6. The highest BCUT2D eigenvalue weighted by atomic mass is 19.4. The number of nitrogens with two attached hydrogens (primary N) is 2. The minimum Gasteiger partial charge on any atom is -0.504 e.